The molecule has 3 rings (SSSR count). The fourth-order valence-electron chi connectivity index (χ4n) is 3.25. The summed E-state index contributed by atoms with van der Waals surface area (Å²) in [6, 6.07) is 18.8. The number of nitrogens with one attached hydrogen (secondary N) is 1. The maximum absolute atomic E-state index is 12.4. The number of piperazine rings is 1. The molecule has 0 radical (unpaired) electrons. The average molecular weight is 352 g/mol. The Labute approximate surface area is 156 Å². The number of urea groups is 1. The number of likely N-dealkylation sites (N-methyl/N-ethyl adjacent to an activating group) is 1. The first-order valence-electron chi connectivity index (χ1n) is 9.24. The third-order valence-electron chi connectivity index (χ3n) is 4.85. The van der Waals surface area contributed by atoms with Gasteiger partial charge in [-0.3, -0.25) is 0 Å². The van der Waals surface area contributed by atoms with Crippen LogP contribution in [0, 0.1) is 6.92 Å². The van der Waals surface area contributed by atoms with E-state index in [0.717, 1.165) is 38.4 Å². The molecule has 2 amide bonds. The summed E-state index contributed by atoms with van der Waals surface area (Å²) < 4.78 is 0. The molecule has 1 fully saturated rings. The lowest BCUT2D eigenvalue weighted by atomic mass is 10.2. The van der Waals surface area contributed by atoms with Gasteiger partial charge in [-0.1, -0.05) is 30.3 Å². The van der Waals surface area contributed by atoms with E-state index in [1.165, 1.54) is 11.3 Å². The van der Waals surface area contributed by atoms with Crippen LogP contribution in [-0.4, -0.2) is 57.2 Å². The van der Waals surface area contributed by atoms with Crippen molar-refractivity contribution in [3.05, 3.63) is 60.2 Å². The molecule has 0 aliphatic carbocycles. The van der Waals surface area contributed by atoms with Gasteiger partial charge in [-0.2, -0.15) is 0 Å². The molecular weight excluding hydrogens is 324 g/mol. The number of amides is 2. The van der Waals surface area contributed by atoms with E-state index in [0.29, 0.717) is 6.54 Å². The van der Waals surface area contributed by atoms with Crippen LogP contribution in [0.2, 0.25) is 0 Å². The maximum atomic E-state index is 12.4. The summed E-state index contributed by atoms with van der Waals surface area (Å²) in [6.45, 7) is 6.81. The molecule has 1 N–H and O–H groups in total. The van der Waals surface area contributed by atoms with E-state index in [1.807, 2.05) is 30.1 Å². The van der Waals surface area contributed by atoms with E-state index < -0.39 is 0 Å². The number of rotatable bonds is 5. The third-order valence-corrected chi connectivity index (χ3v) is 4.85. The second kappa shape index (κ2) is 8.61. The van der Waals surface area contributed by atoms with E-state index in [2.05, 4.69) is 58.4 Å². The maximum Gasteiger partial charge on any atom is 0.317 e. The predicted octanol–water partition coefficient (Wildman–Crippen LogP) is 2.96. The summed E-state index contributed by atoms with van der Waals surface area (Å²) in [5.41, 5.74) is 3.67. The van der Waals surface area contributed by atoms with Gasteiger partial charge >= 0.3 is 6.03 Å². The van der Waals surface area contributed by atoms with E-state index in [1.54, 1.807) is 0 Å². The van der Waals surface area contributed by atoms with E-state index >= 15 is 0 Å². The first-order chi connectivity index (χ1) is 12.6. The molecule has 2 aromatic carbocycles. The molecule has 0 unspecified atom stereocenters. The van der Waals surface area contributed by atoms with Crippen LogP contribution in [0.1, 0.15) is 5.56 Å². The Kier molecular flexibility index (Phi) is 6.00. The minimum absolute atomic E-state index is 0.0374. The van der Waals surface area contributed by atoms with Gasteiger partial charge in [-0.15, -0.1) is 0 Å². The Morgan fingerprint density at radius 2 is 1.77 bits per heavy atom. The molecule has 26 heavy (non-hydrogen) atoms. The van der Waals surface area contributed by atoms with Crippen LogP contribution in [0.5, 0.6) is 0 Å². The topological polar surface area (TPSA) is 38.8 Å². The van der Waals surface area contributed by atoms with Crippen LogP contribution in [0.25, 0.3) is 0 Å². The van der Waals surface area contributed by atoms with Crippen molar-refractivity contribution in [1.29, 1.82) is 0 Å². The molecule has 0 saturated carbocycles. The number of hydrogen-bond donors (Lipinski definition) is 1. The SMILES string of the molecule is Cc1cccc(N2CCN(C(=O)NCCN(C)c3ccccc3)CC2)c1. The highest BCUT2D eigenvalue weighted by molar-refractivity contribution is 5.74. The van der Waals surface area contributed by atoms with Crippen molar-refractivity contribution in [2.24, 2.45) is 0 Å². The van der Waals surface area contributed by atoms with Gasteiger partial charge in [0.2, 0.25) is 0 Å². The van der Waals surface area contributed by atoms with Gasteiger partial charge in [0.25, 0.3) is 0 Å². The zero-order valence-corrected chi connectivity index (χ0v) is 15.7. The van der Waals surface area contributed by atoms with Gasteiger partial charge < -0.3 is 20.0 Å². The van der Waals surface area contributed by atoms with Crippen LogP contribution < -0.4 is 15.1 Å². The number of hydrogen-bond acceptors (Lipinski definition) is 3. The molecule has 5 heteroatoms. The molecule has 1 aliphatic rings. The lowest BCUT2D eigenvalue weighted by molar-refractivity contribution is 0.194. The summed E-state index contributed by atoms with van der Waals surface area (Å²) in [7, 11) is 2.04. The number of carbonyl (C=O) groups excluding carboxylic acids is 1. The van der Waals surface area contributed by atoms with Crippen LogP contribution in [0.15, 0.2) is 54.6 Å². The van der Waals surface area contributed by atoms with Gasteiger partial charge in [0.05, 0.1) is 0 Å². The van der Waals surface area contributed by atoms with Crippen molar-refractivity contribution in [2.45, 2.75) is 6.92 Å². The Balaban J connectivity index is 1.41. The van der Waals surface area contributed by atoms with Crippen molar-refractivity contribution < 1.29 is 4.79 Å². The fourth-order valence-corrected chi connectivity index (χ4v) is 3.25. The summed E-state index contributed by atoms with van der Waals surface area (Å²) >= 11 is 0. The second-order valence-corrected chi connectivity index (χ2v) is 6.80. The predicted molar refractivity (Wildman–Crippen MR) is 108 cm³/mol. The first-order valence-corrected chi connectivity index (χ1v) is 9.24. The Hall–Kier alpha value is -2.69. The minimum atomic E-state index is 0.0374. The van der Waals surface area contributed by atoms with Crippen molar-refractivity contribution in [3.8, 4) is 0 Å². The summed E-state index contributed by atoms with van der Waals surface area (Å²) in [6.07, 6.45) is 0. The summed E-state index contributed by atoms with van der Waals surface area (Å²) in [4.78, 5) is 18.8. The highest BCUT2D eigenvalue weighted by atomic mass is 16.2. The van der Waals surface area contributed by atoms with Crippen molar-refractivity contribution >= 4 is 17.4 Å². The molecule has 1 aliphatic heterocycles. The highest BCUT2D eigenvalue weighted by Gasteiger charge is 2.21. The van der Waals surface area contributed by atoms with E-state index in [4.69, 9.17) is 0 Å². The van der Waals surface area contributed by atoms with Gasteiger partial charge in [0.15, 0.2) is 0 Å². The van der Waals surface area contributed by atoms with Crippen LogP contribution >= 0.6 is 0 Å². The highest BCUT2D eigenvalue weighted by Crippen LogP contribution is 2.17. The monoisotopic (exact) mass is 352 g/mol. The lowest BCUT2D eigenvalue weighted by Gasteiger charge is -2.36. The summed E-state index contributed by atoms with van der Waals surface area (Å²) in [5, 5.41) is 3.04. The van der Waals surface area contributed by atoms with Gasteiger partial charge in [0.1, 0.15) is 0 Å². The standard InChI is InChI=1S/C21H28N4O/c1-18-7-6-10-20(17-18)24-13-15-25(16-14-24)21(26)22-11-12-23(2)19-8-4-3-5-9-19/h3-10,17H,11-16H2,1-2H3,(H,22,26). The first kappa shape index (κ1) is 18.1. The second-order valence-electron chi connectivity index (χ2n) is 6.80. The summed E-state index contributed by atoms with van der Waals surface area (Å²) in [5.74, 6) is 0. The van der Waals surface area contributed by atoms with Crippen LogP contribution in [-0.2, 0) is 0 Å². The number of para-hydroxylation sites is 1. The number of benzene rings is 2. The molecule has 2 aromatic rings. The fraction of sp³-hybridized carbons (Fsp3) is 0.381. The molecule has 0 spiro atoms. The van der Waals surface area contributed by atoms with Crippen LogP contribution in [0.3, 0.4) is 0 Å². The molecule has 0 bridgehead atoms. The minimum Gasteiger partial charge on any atom is -0.373 e. The average Bonchev–Trinajstić information content (AvgIpc) is 2.68. The van der Waals surface area contributed by atoms with E-state index in [-0.39, 0.29) is 6.03 Å². The largest absolute Gasteiger partial charge is 0.373 e. The molecule has 5 nitrogen and oxygen atoms in total. The van der Waals surface area contributed by atoms with E-state index in [9.17, 15) is 4.79 Å². The zero-order valence-electron chi connectivity index (χ0n) is 15.7. The zero-order chi connectivity index (χ0) is 18.4. The van der Waals surface area contributed by atoms with Gasteiger partial charge in [-0.25, -0.2) is 4.79 Å². The van der Waals surface area contributed by atoms with Crippen molar-refractivity contribution in [2.75, 3.05) is 56.1 Å². The lowest BCUT2D eigenvalue weighted by Crippen LogP contribution is -2.52. The Morgan fingerprint density at radius 1 is 1.04 bits per heavy atom. The third kappa shape index (κ3) is 4.69. The quantitative estimate of drug-likeness (QED) is 0.899. The van der Waals surface area contributed by atoms with Gasteiger partial charge in [0, 0.05) is 57.7 Å². The number of anilines is 2. The molecule has 0 atom stereocenters. The number of nitrogens with zero attached hydrogens (tertiary/aromatic N) is 3. The molecule has 1 heterocycles. The molecule has 1 saturated heterocycles. The molecular formula is C21H28N4O. The van der Waals surface area contributed by atoms with Gasteiger partial charge in [-0.05, 0) is 36.8 Å². The number of aryl methyl sites for hydroxylation is 1. The molecule has 0 aromatic heterocycles. The smallest absolute Gasteiger partial charge is 0.317 e. The Morgan fingerprint density at radius 3 is 2.46 bits per heavy atom. The molecule has 138 valence electrons. The normalized spacial score (nSPS) is 14.2. The Bertz CT molecular complexity index is 711. The number of carbonyl (C=O) groups is 1. The van der Waals surface area contributed by atoms with Crippen molar-refractivity contribution in [3.63, 3.8) is 0 Å². The van der Waals surface area contributed by atoms with Crippen LogP contribution in [0.4, 0.5) is 16.2 Å². The van der Waals surface area contributed by atoms with Crippen molar-refractivity contribution in [1.82, 2.24) is 10.2 Å².